The average Bonchev–Trinajstić information content (AvgIpc) is 2.38. The largest absolute Gasteiger partial charge is 0.330 e. The van der Waals surface area contributed by atoms with Gasteiger partial charge < -0.3 is 11.1 Å². The Balaban J connectivity index is 1.84. The van der Waals surface area contributed by atoms with Gasteiger partial charge in [-0.1, -0.05) is 12.8 Å². The lowest BCUT2D eigenvalue weighted by Gasteiger charge is -2.31. The van der Waals surface area contributed by atoms with Crippen LogP contribution >= 0.6 is 0 Å². The first kappa shape index (κ1) is 11.5. The van der Waals surface area contributed by atoms with Crippen LogP contribution < -0.4 is 11.1 Å². The molecule has 1 heterocycles. The summed E-state index contributed by atoms with van der Waals surface area (Å²) in [4.78, 5) is 0. The van der Waals surface area contributed by atoms with Crippen LogP contribution in [0, 0.1) is 5.92 Å². The Bertz CT molecular complexity index is 301. The molecule has 1 aliphatic rings. The van der Waals surface area contributed by atoms with Gasteiger partial charge in [0.2, 0.25) is 0 Å². The smallest absolute Gasteiger partial charge is 0.0769 e. The maximum absolute atomic E-state index is 5.79. The van der Waals surface area contributed by atoms with E-state index in [-0.39, 0.29) is 0 Å². The SMILES string of the molecule is NCC1CCCCC1NCc1cccnn1. The Morgan fingerprint density at radius 3 is 3.00 bits per heavy atom. The molecule has 88 valence electrons. The number of nitrogens with one attached hydrogen (secondary N) is 1. The molecule has 0 bridgehead atoms. The van der Waals surface area contributed by atoms with Crippen molar-refractivity contribution in [2.75, 3.05) is 6.54 Å². The molecule has 0 saturated heterocycles. The van der Waals surface area contributed by atoms with Gasteiger partial charge in [-0.25, -0.2) is 0 Å². The molecule has 1 aromatic rings. The molecule has 1 aromatic heterocycles. The predicted molar refractivity (Wildman–Crippen MR) is 63.7 cm³/mol. The summed E-state index contributed by atoms with van der Waals surface area (Å²) in [6.45, 7) is 1.59. The molecule has 4 heteroatoms. The Kier molecular flexibility index (Phi) is 4.25. The van der Waals surface area contributed by atoms with Gasteiger partial charge >= 0.3 is 0 Å². The number of hydrogen-bond donors (Lipinski definition) is 2. The lowest BCUT2D eigenvalue weighted by Crippen LogP contribution is -2.41. The molecule has 2 rings (SSSR count). The highest BCUT2D eigenvalue weighted by Gasteiger charge is 2.23. The molecule has 1 saturated carbocycles. The molecule has 0 spiro atoms. The molecular formula is C12H20N4. The Labute approximate surface area is 96.6 Å². The van der Waals surface area contributed by atoms with Crippen molar-refractivity contribution in [2.24, 2.45) is 11.7 Å². The summed E-state index contributed by atoms with van der Waals surface area (Å²) in [6.07, 6.45) is 6.84. The Hall–Kier alpha value is -1.00. The molecule has 1 aliphatic carbocycles. The zero-order chi connectivity index (χ0) is 11.2. The topological polar surface area (TPSA) is 63.8 Å². The van der Waals surface area contributed by atoms with E-state index in [0.29, 0.717) is 12.0 Å². The van der Waals surface area contributed by atoms with Gasteiger partial charge in [0, 0.05) is 18.8 Å². The van der Waals surface area contributed by atoms with Crippen LogP contribution in [-0.4, -0.2) is 22.8 Å². The van der Waals surface area contributed by atoms with Crippen LogP contribution in [0.5, 0.6) is 0 Å². The van der Waals surface area contributed by atoms with Crippen molar-refractivity contribution in [1.29, 1.82) is 0 Å². The molecule has 0 radical (unpaired) electrons. The van der Waals surface area contributed by atoms with E-state index in [1.54, 1.807) is 6.20 Å². The van der Waals surface area contributed by atoms with Crippen molar-refractivity contribution in [3.05, 3.63) is 24.0 Å². The highest BCUT2D eigenvalue weighted by molar-refractivity contribution is 4.99. The quantitative estimate of drug-likeness (QED) is 0.797. The van der Waals surface area contributed by atoms with Crippen LogP contribution in [-0.2, 0) is 6.54 Å². The Morgan fingerprint density at radius 1 is 1.38 bits per heavy atom. The van der Waals surface area contributed by atoms with E-state index in [4.69, 9.17) is 5.73 Å². The van der Waals surface area contributed by atoms with Crippen LogP contribution in [0.3, 0.4) is 0 Å². The molecule has 4 nitrogen and oxygen atoms in total. The summed E-state index contributed by atoms with van der Waals surface area (Å²) in [5.41, 5.74) is 6.80. The molecule has 0 amide bonds. The molecule has 0 aromatic carbocycles. The second-order valence-corrected chi connectivity index (χ2v) is 4.48. The van der Waals surface area contributed by atoms with Gasteiger partial charge in [0.25, 0.3) is 0 Å². The lowest BCUT2D eigenvalue weighted by atomic mass is 9.84. The minimum Gasteiger partial charge on any atom is -0.330 e. The average molecular weight is 220 g/mol. The van der Waals surface area contributed by atoms with E-state index >= 15 is 0 Å². The van der Waals surface area contributed by atoms with Crippen LogP contribution in [0.2, 0.25) is 0 Å². The number of aromatic nitrogens is 2. The normalized spacial score (nSPS) is 25.6. The number of nitrogens with zero attached hydrogens (tertiary/aromatic N) is 2. The number of hydrogen-bond acceptors (Lipinski definition) is 4. The maximum Gasteiger partial charge on any atom is 0.0769 e. The number of nitrogens with two attached hydrogens (primary N) is 1. The fourth-order valence-corrected chi connectivity index (χ4v) is 2.42. The molecule has 1 fully saturated rings. The molecular weight excluding hydrogens is 200 g/mol. The van der Waals surface area contributed by atoms with Crippen molar-refractivity contribution in [2.45, 2.75) is 38.3 Å². The van der Waals surface area contributed by atoms with Crippen molar-refractivity contribution >= 4 is 0 Å². The van der Waals surface area contributed by atoms with Crippen molar-refractivity contribution in [3.8, 4) is 0 Å². The van der Waals surface area contributed by atoms with E-state index < -0.39 is 0 Å². The summed E-state index contributed by atoms with van der Waals surface area (Å²) in [6, 6.07) is 4.48. The van der Waals surface area contributed by atoms with Gasteiger partial charge in [0.15, 0.2) is 0 Å². The van der Waals surface area contributed by atoms with E-state index in [9.17, 15) is 0 Å². The summed E-state index contributed by atoms with van der Waals surface area (Å²) in [5, 5.41) is 11.5. The second kappa shape index (κ2) is 5.92. The van der Waals surface area contributed by atoms with Crippen molar-refractivity contribution < 1.29 is 0 Å². The monoisotopic (exact) mass is 220 g/mol. The maximum atomic E-state index is 5.79. The van der Waals surface area contributed by atoms with Gasteiger partial charge in [-0.2, -0.15) is 10.2 Å². The van der Waals surface area contributed by atoms with Gasteiger partial charge in [0.1, 0.15) is 0 Å². The summed E-state index contributed by atoms with van der Waals surface area (Å²) >= 11 is 0. The first-order chi connectivity index (χ1) is 7.90. The van der Waals surface area contributed by atoms with Gasteiger partial charge in [0.05, 0.1) is 5.69 Å². The minimum atomic E-state index is 0.556. The third kappa shape index (κ3) is 3.00. The van der Waals surface area contributed by atoms with Gasteiger partial charge in [-0.3, -0.25) is 0 Å². The fraction of sp³-hybridized carbons (Fsp3) is 0.667. The summed E-state index contributed by atoms with van der Waals surface area (Å²) in [7, 11) is 0. The fourth-order valence-electron chi connectivity index (χ4n) is 2.42. The van der Waals surface area contributed by atoms with Crippen LogP contribution in [0.4, 0.5) is 0 Å². The minimum absolute atomic E-state index is 0.556. The lowest BCUT2D eigenvalue weighted by molar-refractivity contribution is 0.266. The third-order valence-electron chi connectivity index (χ3n) is 3.38. The first-order valence-corrected chi connectivity index (χ1v) is 6.10. The second-order valence-electron chi connectivity index (χ2n) is 4.48. The number of rotatable bonds is 4. The highest BCUT2D eigenvalue weighted by Crippen LogP contribution is 2.23. The zero-order valence-corrected chi connectivity index (χ0v) is 9.60. The standard InChI is InChI=1S/C12H20N4/c13-8-10-4-1-2-6-12(10)14-9-11-5-3-7-15-16-11/h3,5,7,10,12,14H,1-2,4,6,8-9,13H2. The molecule has 16 heavy (non-hydrogen) atoms. The molecule has 2 atom stereocenters. The molecule has 0 aliphatic heterocycles. The zero-order valence-electron chi connectivity index (χ0n) is 9.60. The van der Waals surface area contributed by atoms with Crippen LogP contribution in [0.1, 0.15) is 31.4 Å². The van der Waals surface area contributed by atoms with E-state index in [1.807, 2.05) is 12.1 Å². The van der Waals surface area contributed by atoms with E-state index in [1.165, 1.54) is 25.7 Å². The first-order valence-electron chi connectivity index (χ1n) is 6.10. The summed E-state index contributed by atoms with van der Waals surface area (Å²) in [5.74, 6) is 0.630. The molecule has 2 unspecified atom stereocenters. The van der Waals surface area contributed by atoms with Crippen molar-refractivity contribution in [3.63, 3.8) is 0 Å². The van der Waals surface area contributed by atoms with Gasteiger partial charge in [-0.15, -0.1) is 0 Å². The van der Waals surface area contributed by atoms with Crippen LogP contribution in [0.25, 0.3) is 0 Å². The van der Waals surface area contributed by atoms with Crippen molar-refractivity contribution in [1.82, 2.24) is 15.5 Å². The molecule has 3 N–H and O–H groups in total. The van der Waals surface area contributed by atoms with E-state index in [2.05, 4.69) is 15.5 Å². The summed E-state index contributed by atoms with van der Waals surface area (Å²) < 4.78 is 0. The van der Waals surface area contributed by atoms with Gasteiger partial charge in [-0.05, 0) is 37.4 Å². The predicted octanol–water partition coefficient (Wildman–Crippen LogP) is 1.08. The van der Waals surface area contributed by atoms with Crippen LogP contribution in [0.15, 0.2) is 18.3 Å². The van der Waals surface area contributed by atoms with E-state index in [0.717, 1.165) is 18.8 Å². The Morgan fingerprint density at radius 2 is 2.25 bits per heavy atom. The third-order valence-corrected chi connectivity index (χ3v) is 3.38. The highest BCUT2D eigenvalue weighted by atomic mass is 15.1.